The van der Waals surface area contributed by atoms with E-state index in [1.165, 1.54) is 17.5 Å². The number of rotatable bonds is 4. The quantitative estimate of drug-likeness (QED) is 0.770. The van der Waals surface area contributed by atoms with Crippen molar-refractivity contribution in [3.05, 3.63) is 52.6 Å². The van der Waals surface area contributed by atoms with Gasteiger partial charge in [0.05, 0.1) is 29.0 Å². The molecule has 3 rings (SSSR count). The van der Waals surface area contributed by atoms with Crippen LogP contribution >= 0.6 is 11.3 Å². The molecule has 3 aromatic rings. The zero-order chi connectivity index (χ0) is 13.9. The molecule has 0 bridgehead atoms. The maximum atomic E-state index is 11.3. The summed E-state index contributed by atoms with van der Waals surface area (Å²) in [5.74, 6) is -0.996. The highest BCUT2D eigenvalue weighted by atomic mass is 32.1. The molecule has 0 fully saturated rings. The van der Waals surface area contributed by atoms with Crippen LogP contribution in [0.1, 0.15) is 16.1 Å². The number of carbonyl (C=O) groups is 1. The third-order valence-corrected chi connectivity index (χ3v) is 3.57. The van der Waals surface area contributed by atoms with Crippen LogP contribution in [0.5, 0.6) is 0 Å². The van der Waals surface area contributed by atoms with Crippen LogP contribution in [0.4, 0.5) is 5.69 Å². The lowest BCUT2D eigenvalue weighted by molar-refractivity contribution is 0.0697. The van der Waals surface area contributed by atoms with Crippen molar-refractivity contribution in [2.24, 2.45) is 0 Å². The molecule has 2 N–H and O–H groups in total. The molecule has 0 aliphatic carbocycles. The normalized spacial score (nSPS) is 10.6. The Bertz CT molecular complexity index is 756. The fraction of sp³-hybridized carbons (Fsp3) is 0.0714. The number of nitrogens with one attached hydrogen (secondary N) is 1. The van der Waals surface area contributed by atoms with Crippen molar-refractivity contribution in [3.8, 4) is 0 Å². The van der Waals surface area contributed by atoms with E-state index in [9.17, 15) is 9.90 Å². The molecular weight excluding hydrogens is 274 g/mol. The van der Waals surface area contributed by atoms with E-state index in [0.29, 0.717) is 12.2 Å². The summed E-state index contributed by atoms with van der Waals surface area (Å²) in [5.41, 5.74) is 4.14. The van der Waals surface area contributed by atoms with Crippen LogP contribution in [0.15, 0.2) is 41.4 Å². The number of para-hydroxylation sites is 1. The number of nitrogens with zero attached hydrogens (tertiary/aromatic N) is 2. The summed E-state index contributed by atoms with van der Waals surface area (Å²) in [6, 6.07) is 7.46. The molecule has 0 spiro atoms. The molecule has 2 aromatic heterocycles. The number of carboxylic acid groups (broad SMARTS) is 1. The van der Waals surface area contributed by atoms with Gasteiger partial charge in [0, 0.05) is 17.0 Å². The van der Waals surface area contributed by atoms with Gasteiger partial charge in [-0.15, -0.1) is 11.3 Å². The predicted octanol–water partition coefficient (Wildman–Crippen LogP) is 3.00. The lowest BCUT2D eigenvalue weighted by Crippen LogP contribution is -2.08. The molecule has 0 atom stereocenters. The third-order valence-electron chi connectivity index (χ3n) is 2.94. The second kappa shape index (κ2) is 5.26. The smallest absolute Gasteiger partial charge is 0.339 e. The summed E-state index contributed by atoms with van der Waals surface area (Å²) < 4.78 is 0. The number of aromatic nitrogens is 2. The molecule has 0 saturated carbocycles. The topological polar surface area (TPSA) is 75.1 Å². The first-order valence-electron chi connectivity index (χ1n) is 5.97. The van der Waals surface area contributed by atoms with Gasteiger partial charge in [0.25, 0.3) is 0 Å². The number of pyridine rings is 1. The molecule has 0 aliphatic heterocycles. The number of aromatic carboxylic acids is 1. The SMILES string of the molecule is O=C(O)c1cnc2ccccc2c1NCc1cscn1. The number of hydrogen-bond acceptors (Lipinski definition) is 5. The highest BCUT2D eigenvalue weighted by Crippen LogP contribution is 2.26. The molecule has 0 unspecified atom stereocenters. The summed E-state index contributed by atoms with van der Waals surface area (Å²) in [6.07, 6.45) is 1.38. The van der Waals surface area contributed by atoms with Crippen molar-refractivity contribution in [2.45, 2.75) is 6.54 Å². The number of thiazole rings is 1. The zero-order valence-corrected chi connectivity index (χ0v) is 11.2. The summed E-state index contributed by atoms with van der Waals surface area (Å²) in [5, 5.41) is 15.2. The molecule has 0 saturated heterocycles. The van der Waals surface area contributed by atoms with Crippen LogP contribution in [0.25, 0.3) is 10.9 Å². The molecule has 2 heterocycles. The van der Waals surface area contributed by atoms with Crippen LogP contribution in [0, 0.1) is 0 Å². The van der Waals surface area contributed by atoms with Gasteiger partial charge in [-0.25, -0.2) is 9.78 Å². The van der Waals surface area contributed by atoms with E-state index in [-0.39, 0.29) is 5.56 Å². The number of benzene rings is 1. The van der Waals surface area contributed by atoms with Crippen LogP contribution in [-0.2, 0) is 6.54 Å². The van der Waals surface area contributed by atoms with E-state index in [1.54, 1.807) is 5.51 Å². The Morgan fingerprint density at radius 1 is 1.30 bits per heavy atom. The van der Waals surface area contributed by atoms with Gasteiger partial charge in [-0.1, -0.05) is 18.2 Å². The second-order valence-electron chi connectivity index (χ2n) is 4.20. The van der Waals surface area contributed by atoms with Gasteiger partial charge in [0.2, 0.25) is 0 Å². The maximum absolute atomic E-state index is 11.3. The van der Waals surface area contributed by atoms with Gasteiger partial charge in [0.15, 0.2) is 0 Å². The van der Waals surface area contributed by atoms with Gasteiger partial charge < -0.3 is 10.4 Å². The van der Waals surface area contributed by atoms with E-state index < -0.39 is 5.97 Å². The zero-order valence-electron chi connectivity index (χ0n) is 10.4. The highest BCUT2D eigenvalue weighted by Gasteiger charge is 2.14. The van der Waals surface area contributed by atoms with Crippen molar-refractivity contribution in [1.29, 1.82) is 0 Å². The summed E-state index contributed by atoms with van der Waals surface area (Å²) >= 11 is 1.51. The van der Waals surface area contributed by atoms with Crippen LogP contribution in [0.3, 0.4) is 0 Å². The van der Waals surface area contributed by atoms with Gasteiger partial charge in [-0.2, -0.15) is 0 Å². The molecule has 100 valence electrons. The Kier molecular flexibility index (Phi) is 3.30. The summed E-state index contributed by atoms with van der Waals surface area (Å²) in [7, 11) is 0. The Morgan fingerprint density at radius 3 is 2.90 bits per heavy atom. The summed E-state index contributed by atoms with van der Waals surface area (Å²) in [6.45, 7) is 0.484. The summed E-state index contributed by atoms with van der Waals surface area (Å²) in [4.78, 5) is 19.7. The molecule has 5 nitrogen and oxygen atoms in total. The molecule has 0 aliphatic rings. The molecule has 1 aromatic carbocycles. The van der Waals surface area contributed by atoms with Crippen LogP contribution < -0.4 is 5.32 Å². The molecule has 0 radical (unpaired) electrons. The van der Waals surface area contributed by atoms with E-state index in [1.807, 2.05) is 29.6 Å². The molecule has 0 amide bonds. The Hall–Kier alpha value is -2.47. The maximum Gasteiger partial charge on any atom is 0.339 e. The average molecular weight is 285 g/mol. The lowest BCUT2D eigenvalue weighted by Gasteiger charge is -2.11. The Labute approximate surface area is 118 Å². The average Bonchev–Trinajstić information content (AvgIpc) is 2.97. The standard InChI is InChI=1S/C14H11N3O2S/c18-14(19)11-6-15-12-4-2-1-3-10(12)13(11)16-5-9-7-20-8-17-9/h1-4,6-8H,5H2,(H,15,16)(H,18,19). The van der Waals surface area contributed by atoms with Crippen LogP contribution in [0.2, 0.25) is 0 Å². The van der Waals surface area contributed by atoms with E-state index in [0.717, 1.165) is 16.6 Å². The van der Waals surface area contributed by atoms with Crippen molar-refractivity contribution < 1.29 is 9.90 Å². The van der Waals surface area contributed by atoms with Gasteiger partial charge in [-0.3, -0.25) is 4.98 Å². The molecule has 20 heavy (non-hydrogen) atoms. The van der Waals surface area contributed by atoms with Crippen molar-refractivity contribution >= 4 is 33.9 Å². The second-order valence-corrected chi connectivity index (χ2v) is 4.92. The number of carboxylic acids is 1. The van der Waals surface area contributed by atoms with Crippen molar-refractivity contribution in [1.82, 2.24) is 9.97 Å². The first-order valence-corrected chi connectivity index (χ1v) is 6.92. The lowest BCUT2D eigenvalue weighted by atomic mass is 10.1. The van der Waals surface area contributed by atoms with Gasteiger partial charge in [-0.05, 0) is 6.07 Å². The van der Waals surface area contributed by atoms with E-state index >= 15 is 0 Å². The largest absolute Gasteiger partial charge is 0.478 e. The Balaban J connectivity index is 2.05. The predicted molar refractivity (Wildman–Crippen MR) is 78.1 cm³/mol. The minimum Gasteiger partial charge on any atom is -0.478 e. The fourth-order valence-corrected chi connectivity index (χ4v) is 2.56. The minimum absolute atomic E-state index is 0.166. The number of hydrogen-bond donors (Lipinski definition) is 2. The first-order chi connectivity index (χ1) is 9.75. The van der Waals surface area contributed by atoms with Crippen molar-refractivity contribution in [3.63, 3.8) is 0 Å². The monoisotopic (exact) mass is 285 g/mol. The molecule has 6 heteroatoms. The van der Waals surface area contributed by atoms with Gasteiger partial charge in [0.1, 0.15) is 5.56 Å². The Morgan fingerprint density at radius 2 is 2.15 bits per heavy atom. The van der Waals surface area contributed by atoms with Gasteiger partial charge >= 0.3 is 5.97 Å². The highest BCUT2D eigenvalue weighted by molar-refractivity contribution is 7.07. The van der Waals surface area contributed by atoms with Crippen LogP contribution in [-0.4, -0.2) is 21.0 Å². The minimum atomic E-state index is -0.996. The molecular formula is C14H11N3O2S. The van der Waals surface area contributed by atoms with E-state index in [2.05, 4.69) is 15.3 Å². The number of fused-ring (bicyclic) bond motifs is 1. The number of anilines is 1. The van der Waals surface area contributed by atoms with Crippen molar-refractivity contribution in [2.75, 3.05) is 5.32 Å². The third kappa shape index (κ3) is 2.33. The fourth-order valence-electron chi connectivity index (χ4n) is 2.00. The van der Waals surface area contributed by atoms with E-state index in [4.69, 9.17) is 0 Å². The first kappa shape index (κ1) is 12.6.